The van der Waals surface area contributed by atoms with Crippen molar-refractivity contribution in [2.45, 2.75) is 45.3 Å². The van der Waals surface area contributed by atoms with Gasteiger partial charge in [-0.3, -0.25) is 5.43 Å². The molecule has 2 atom stereocenters. The predicted octanol–water partition coefficient (Wildman–Crippen LogP) is 3.68. The standard InChI is InChI=1S/C18H25F2N3O3S/c1-11-6-4-5-7-13(11)22-18(27)23-21-10-12-8-14(24-2)16(26-17(19)20)15(9-12)25-3/h8-11,13,17H,4-7H2,1-3H3,(H2,22,23,27)/b21-10-/t11-,13-/m0/s1. The molecule has 1 saturated carbocycles. The predicted molar refractivity (Wildman–Crippen MR) is 104 cm³/mol. The maximum Gasteiger partial charge on any atom is 0.387 e. The topological polar surface area (TPSA) is 64.1 Å². The van der Waals surface area contributed by atoms with Crippen molar-refractivity contribution in [1.29, 1.82) is 0 Å². The van der Waals surface area contributed by atoms with Crippen molar-refractivity contribution < 1.29 is 23.0 Å². The van der Waals surface area contributed by atoms with E-state index in [0.717, 1.165) is 6.42 Å². The number of rotatable bonds is 7. The number of hydrogen-bond donors (Lipinski definition) is 2. The van der Waals surface area contributed by atoms with Crippen LogP contribution in [0.15, 0.2) is 17.2 Å². The Balaban J connectivity index is 2.02. The van der Waals surface area contributed by atoms with Crippen LogP contribution in [0.3, 0.4) is 0 Å². The van der Waals surface area contributed by atoms with E-state index in [4.69, 9.17) is 21.7 Å². The third-order valence-electron chi connectivity index (χ3n) is 4.50. The Bertz CT molecular complexity index is 648. The first-order valence-electron chi connectivity index (χ1n) is 8.75. The van der Waals surface area contributed by atoms with Gasteiger partial charge < -0.3 is 19.5 Å². The number of methoxy groups -OCH3 is 2. The van der Waals surface area contributed by atoms with E-state index in [9.17, 15) is 8.78 Å². The Kier molecular flexibility index (Phi) is 8.02. The molecule has 1 aliphatic carbocycles. The van der Waals surface area contributed by atoms with E-state index in [1.807, 2.05) is 0 Å². The van der Waals surface area contributed by atoms with Gasteiger partial charge in [0.25, 0.3) is 0 Å². The summed E-state index contributed by atoms with van der Waals surface area (Å²) in [5, 5.41) is 7.83. The zero-order valence-electron chi connectivity index (χ0n) is 15.6. The molecule has 1 fully saturated rings. The Morgan fingerprint density at radius 3 is 2.41 bits per heavy atom. The van der Waals surface area contributed by atoms with Gasteiger partial charge >= 0.3 is 6.61 Å². The summed E-state index contributed by atoms with van der Waals surface area (Å²) in [6, 6.07) is 3.39. The van der Waals surface area contributed by atoms with Crippen LogP contribution in [0.1, 0.15) is 38.2 Å². The molecular weight excluding hydrogens is 376 g/mol. The molecule has 9 heteroatoms. The average Bonchev–Trinajstić information content (AvgIpc) is 2.64. The van der Waals surface area contributed by atoms with Gasteiger partial charge in [0.1, 0.15) is 0 Å². The van der Waals surface area contributed by atoms with Crippen molar-refractivity contribution in [1.82, 2.24) is 10.7 Å². The summed E-state index contributed by atoms with van der Waals surface area (Å²) < 4.78 is 39.8. The van der Waals surface area contributed by atoms with Crippen LogP contribution in [0.5, 0.6) is 17.2 Å². The zero-order chi connectivity index (χ0) is 19.8. The minimum absolute atomic E-state index is 0.118. The highest BCUT2D eigenvalue weighted by Gasteiger charge is 2.21. The maximum absolute atomic E-state index is 12.6. The van der Waals surface area contributed by atoms with Crippen LogP contribution in [0, 0.1) is 5.92 Å². The van der Waals surface area contributed by atoms with E-state index in [2.05, 4.69) is 27.5 Å². The van der Waals surface area contributed by atoms with Crippen molar-refractivity contribution in [2.24, 2.45) is 11.0 Å². The van der Waals surface area contributed by atoms with Crippen LogP contribution in [0.4, 0.5) is 8.78 Å². The summed E-state index contributed by atoms with van der Waals surface area (Å²) >= 11 is 5.28. The Hall–Kier alpha value is -2.16. The molecule has 1 aliphatic rings. The molecule has 0 bridgehead atoms. The van der Waals surface area contributed by atoms with Crippen LogP contribution < -0.4 is 25.0 Å². The molecule has 6 nitrogen and oxygen atoms in total. The first-order valence-corrected chi connectivity index (χ1v) is 9.15. The van der Waals surface area contributed by atoms with E-state index in [0.29, 0.717) is 22.6 Å². The zero-order valence-corrected chi connectivity index (χ0v) is 16.4. The largest absolute Gasteiger partial charge is 0.493 e. The van der Waals surface area contributed by atoms with Crippen molar-refractivity contribution in [3.63, 3.8) is 0 Å². The Morgan fingerprint density at radius 2 is 1.85 bits per heavy atom. The number of thiocarbonyl (C=S) groups is 1. The van der Waals surface area contributed by atoms with Gasteiger partial charge in [-0.05, 0) is 43.1 Å². The Morgan fingerprint density at radius 1 is 1.22 bits per heavy atom. The number of nitrogens with zero attached hydrogens (tertiary/aromatic N) is 1. The SMILES string of the molecule is COc1cc(/C=N\NC(=S)N[C@H]2CCCC[C@@H]2C)cc(OC)c1OC(F)F. The van der Waals surface area contributed by atoms with Crippen molar-refractivity contribution in [3.8, 4) is 17.2 Å². The number of hydrazone groups is 1. The second-order valence-electron chi connectivity index (χ2n) is 6.34. The molecule has 2 N–H and O–H groups in total. The molecule has 0 unspecified atom stereocenters. The Labute approximate surface area is 163 Å². The molecule has 150 valence electrons. The van der Waals surface area contributed by atoms with E-state index >= 15 is 0 Å². The lowest BCUT2D eigenvalue weighted by Crippen LogP contribution is -2.44. The minimum atomic E-state index is -2.99. The molecule has 0 saturated heterocycles. The minimum Gasteiger partial charge on any atom is -0.493 e. The highest BCUT2D eigenvalue weighted by atomic mass is 32.1. The van der Waals surface area contributed by atoms with Gasteiger partial charge in [-0.25, -0.2) is 0 Å². The first-order chi connectivity index (χ1) is 12.9. The third-order valence-corrected chi connectivity index (χ3v) is 4.71. The summed E-state index contributed by atoms with van der Waals surface area (Å²) in [6.45, 7) is -0.774. The van der Waals surface area contributed by atoms with Gasteiger partial charge in [-0.15, -0.1) is 0 Å². The lowest BCUT2D eigenvalue weighted by molar-refractivity contribution is -0.0526. The summed E-state index contributed by atoms with van der Waals surface area (Å²) in [7, 11) is 2.72. The molecule has 2 rings (SSSR count). The molecule has 0 radical (unpaired) electrons. The van der Waals surface area contributed by atoms with Gasteiger partial charge in [0.05, 0.1) is 20.4 Å². The van der Waals surface area contributed by atoms with Gasteiger partial charge in [0, 0.05) is 11.6 Å². The molecule has 0 heterocycles. The van der Waals surface area contributed by atoms with Crippen molar-refractivity contribution in [3.05, 3.63) is 17.7 Å². The number of nitrogens with one attached hydrogen (secondary N) is 2. The molecule has 0 spiro atoms. The lowest BCUT2D eigenvalue weighted by atomic mass is 9.86. The molecule has 1 aromatic carbocycles. The average molecular weight is 401 g/mol. The summed E-state index contributed by atoms with van der Waals surface area (Å²) in [6.07, 6.45) is 6.23. The molecule has 27 heavy (non-hydrogen) atoms. The molecule has 0 amide bonds. The van der Waals surface area contributed by atoms with Crippen LogP contribution >= 0.6 is 12.2 Å². The van der Waals surface area contributed by atoms with Crippen molar-refractivity contribution in [2.75, 3.05) is 14.2 Å². The van der Waals surface area contributed by atoms with Gasteiger partial charge in [0.15, 0.2) is 16.6 Å². The van der Waals surface area contributed by atoms with Crippen molar-refractivity contribution >= 4 is 23.5 Å². The quantitative estimate of drug-likeness (QED) is 0.413. The number of alkyl halides is 2. The molecule has 1 aromatic rings. The fourth-order valence-electron chi connectivity index (χ4n) is 3.08. The smallest absolute Gasteiger partial charge is 0.387 e. The first kappa shape index (κ1) is 21.1. The van der Waals surface area contributed by atoms with E-state index < -0.39 is 6.61 Å². The van der Waals surface area contributed by atoms with E-state index in [1.54, 1.807) is 0 Å². The second-order valence-corrected chi connectivity index (χ2v) is 6.75. The fraction of sp³-hybridized carbons (Fsp3) is 0.556. The van der Waals surface area contributed by atoms with Crippen LogP contribution in [-0.2, 0) is 0 Å². The third kappa shape index (κ3) is 6.20. The summed E-state index contributed by atoms with van der Waals surface area (Å²) in [4.78, 5) is 0. The molecule has 0 aromatic heterocycles. The highest BCUT2D eigenvalue weighted by molar-refractivity contribution is 7.80. The van der Waals surface area contributed by atoms with E-state index in [-0.39, 0.29) is 17.2 Å². The van der Waals surface area contributed by atoms with Crippen LogP contribution in [0.2, 0.25) is 0 Å². The van der Waals surface area contributed by atoms with Gasteiger partial charge in [-0.2, -0.15) is 13.9 Å². The highest BCUT2D eigenvalue weighted by Crippen LogP contribution is 2.39. The van der Waals surface area contributed by atoms with Gasteiger partial charge in [0.2, 0.25) is 5.75 Å². The molecular formula is C18H25F2N3O3S. The maximum atomic E-state index is 12.6. The number of benzene rings is 1. The van der Waals surface area contributed by atoms with Crippen LogP contribution in [-0.4, -0.2) is 38.2 Å². The summed E-state index contributed by atoms with van der Waals surface area (Å²) in [5.41, 5.74) is 3.35. The van der Waals surface area contributed by atoms with Gasteiger partial charge in [-0.1, -0.05) is 19.8 Å². The monoisotopic (exact) mass is 401 g/mol. The number of hydrogen-bond acceptors (Lipinski definition) is 5. The fourth-order valence-corrected chi connectivity index (χ4v) is 3.28. The van der Waals surface area contributed by atoms with Crippen LogP contribution in [0.25, 0.3) is 0 Å². The lowest BCUT2D eigenvalue weighted by Gasteiger charge is -2.30. The second kappa shape index (κ2) is 10.2. The number of ether oxygens (including phenoxy) is 3. The van der Waals surface area contributed by atoms with E-state index in [1.165, 1.54) is 51.8 Å². The normalized spacial score (nSPS) is 19.8. The number of halogens is 2. The molecule has 0 aliphatic heterocycles. The summed E-state index contributed by atoms with van der Waals surface area (Å²) in [5.74, 6) is 0.641.